The highest BCUT2D eigenvalue weighted by Gasteiger charge is 2.35. The molecule has 0 aliphatic heterocycles. The Morgan fingerprint density at radius 2 is 1.86 bits per heavy atom. The summed E-state index contributed by atoms with van der Waals surface area (Å²) < 4.78 is 63.7. The van der Waals surface area contributed by atoms with E-state index < -0.39 is 23.6 Å². The molecule has 1 aromatic rings. The topological polar surface area (TPSA) is 29.1 Å². The first kappa shape index (κ1) is 16.7. The van der Waals surface area contributed by atoms with Crippen LogP contribution in [0.4, 0.5) is 22.0 Å². The highest BCUT2D eigenvalue weighted by atomic mass is 19.4. The number of carbonyl (C=O) groups excluding carboxylic acids is 1. The molecule has 1 fully saturated rings. The number of nitrogens with one attached hydrogen (secondary N) is 1. The van der Waals surface area contributed by atoms with E-state index in [9.17, 15) is 26.7 Å². The molecule has 7 heteroatoms. The van der Waals surface area contributed by atoms with Gasteiger partial charge in [-0.1, -0.05) is 18.2 Å². The van der Waals surface area contributed by atoms with Crippen molar-refractivity contribution in [1.82, 2.24) is 5.32 Å². The van der Waals surface area contributed by atoms with Gasteiger partial charge in [0.25, 0.3) is 0 Å². The fourth-order valence-electron chi connectivity index (χ4n) is 2.51. The van der Waals surface area contributed by atoms with Crippen LogP contribution in [0, 0.1) is 0 Å². The van der Waals surface area contributed by atoms with Crippen molar-refractivity contribution in [3.8, 4) is 0 Å². The minimum absolute atomic E-state index is 0.182. The van der Waals surface area contributed by atoms with Gasteiger partial charge in [-0.05, 0) is 24.5 Å². The summed E-state index contributed by atoms with van der Waals surface area (Å²) in [5.41, 5.74) is -0.566. The molecule has 0 radical (unpaired) electrons. The molecule has 1 saturated carbocycles. The molecule has 0 spiro atoms. The molecule has 1 aliphatic rings. The van der Waals surface area contributed by atoms with Crippen molar-refractivity contribution in [2.75, 3.05) is 0 Å². The summed E-state index contributed by atoms with van der Waals surface area (Å²) in [5, 5.41) is 2.61. The number of benzene rings is 1. The number of alkyl halides is 5. The highest BCUT2D eigenvalue weighted by Crippen LogP contribution is 2.33. The molecule has 1 aliphatic carbocycles. The van der Waals surface area contributed by atoms with Gasteiger partial charge in [-0.2, -0.15) is 13.2 Å². The second kappa shape index (κ2) is 6.22. The van der Waals surface area contributed by atoms with Crippen LogP contribution >= 0.6 is 0 Å². The van der Waals surface area contributed by atoms with Gasteiger partial charge in [0.05, 0.1) is 12.0 Å². The molecule has 22 heavy (non-hydrogen) atoms. The van der Waals surface area contributed by atoms with Crippen LogP contribution in [0.15, 0.2) is 24.3 Å². The zero-order chi connectivity index (χ0) is 16.4. The Kier molecular flexibility index (Phi) is 4.72. The summed E-state index contributed by atoms with van der Waals surface area (Å²) in [6, 6.07) is 4.20. The quantitative estimate of drug-likeness (QED) is 0.840. The van der Waals surface area contributed by atoms with Crippen molar-refractivity contribution in [2.24, 2.45) is 0 Å². The number of hydrogen-bond donors (Lipinski definition) is 1. The van der Waals surface area contributed by atoms with E-state index in [4.69, 9.17) is 0 Å². The molecule has 0 unspecified atom stereocenters. The molecule has 1 N–H and O–H groups in total. The Labute approximate surface area is 124 Å². The molecular formula is C15H16F5NO. The summed E-state index contributed by atoms with van der Waals surface area (Å²) in [5.74, 6) is -3.13. The first-order chi connectivity index (χ1) is 10.2. The van der Waals surface area contributed by atoms with Crippen LogP contribution in [-0.2, 0) is 17.4 Å². The average molecular weight is 321 g/mol. The van der Waals surface area contributed by atoms with E-state index in [1.807, 2.05) is 0 Å². The van der Waals surface area contributed by atoms with E-state index >= 15 is 0 Å². The molecule has 1 amide bonds. The first-order valence-corrected chi connectivity index (χ1v) is 6.99. The van der Waals surface area contributed by atoms with Gasteiger partial charge in [-0.3, -0.25) is 4.79 Å². The van der Waals surface area contributed by atoms with E-state index in [-0.39, 0.29) is 43.7 Å². The van der Waals surface area contributed by atoms with E-state index in [0.717, 1.165) is 12.1 Å². The predicted molar refractivity (Wildman–Crippen MR) is 70.5 cm³/mol. The lowest BCUT2D eigenvalue weighted by Crippen LogP contribution is -2.40. The molecule has 2 nitrogen and oxygen atoms in total. The van der Waals surface area contributed by atoms with Crippen molar-refractivity contribution in [3.05, 3.63) is 35.4 Å². The molecule has 0 bridgehead atoms. The Morgan fingerprint density at radius 1 is 1.23 bits per heavy atom. The Balaban J connectivity index is 1.90. The number of hydrogen-bond acceptors (Lipinski definition) is 1. The van der Waals surface area contributed by atoms with E-state index in [2.05, 4.69) is 5.32 Å². The van der Waals surface area contributed by atoms with Crippen LogP contribution in [0.2, 0.25) is 0 Å². The standard InChI is InChI=1S/C15H16F5NO/c16-14(17)6-4-12(5-7-14)21-13(22)9-10-2-1-3-11(8-10)15(18,19)20/h1-3,8,12H,4-7,9H2,(H,21,22). The third kappa shape index (κ3) is 4.68. The Morgan fingerprint density at radius 3 is 2.45 bits per heavy atom. The van der Waals surface area contributed by atoms with Crippen LogP contribution in [0.3, 0.4) is 0 Å². The summed E-state index contributed by atoms with van der Waals surface area (Å²) in [6.45, 7) is 0. The van der Waals surface area contributed by atoms with Gasteiger partial charge in [-0.25, -0.2) is 8.78 Å². The summed E-state index contributed by atoms with van der Waals surface area (Å²) in [7, 11) is 0. The zero-order valence-electron chi connectivity index (χ0n) is 11.7. The molecule has 122 valence electrons. The average Bonchev–Trinajstić information content (AvgIpc) is 2.40. The van der Waals surface area contributed by atoms with Gasteiger partial charge in [0.15, 0.2) is 0 Å². The SMILES string of the molecule is O=C(Cc1cccc(C(F)(F)F)c1)NC1CCC(F)(F)CC1. The number of rotatable bonds is 3. The number of halogens is 5. The van der Waals surface area contributed by atoms with Gasteiger partial charge in [0.1, 0.15) is 0 Å². The van der Waals surface area contributed by atoms with Crippen molar-refractivity contribution in [3.63, 3.8) is 0 Å². The van der Waals surface area contributed by atoms with Crippen molar-refractivity contribution in [2.45, 2.75) is 50.2 Å². The minimum Gasteiger partial charge on any atom is -0.353 e. The second-order valence-electron chi connectivity index (χ2n) is 5.57. The van der Waals surface area contributed by atoms with Gasteiger partial charge in [-0.15, -0.1) is 0 Å². The molecule has 0 saturated heterocycles. The van der Waals surface area contributed by atoms with Gasteiger partial charge < -0.3 is 5.32 Å². The fraction of sp³-hybridized carbons (Fsp3) is 0.533. The normalized spacial score (nSPS) is 19.0. The summed E-state index contributed by atoms with van der Waals surface area (Å²) >= 11 is 0. The van der Waals surface area contributed by atoms with E-state index in [1.54, 1.807) is 0 Å². The molecule has 0 heterocycles. The third-order valence-electron chi connectivity index (χ3n) is 3.70. The molecule has 0 aromatic heterocycles. The smallest absolute Gasteiger partial charge is 0.353 e. The largest absolute Gasteiger partial charge is 0.416 e. The zero-order valence-corrected chi connectivity index (χ0v) is 11.7. The Hall–Kier alpha value is -1.66. The van der Waals surface area contributed by atoms with Crippen molar-refractivity contribution in [1.29, 1.82) is 0 Å². The van der Waals surface area contributed by atoms with Gasteiger partial charge in [0, 0.05) is 18.9 Å². The minimum atomic E-state index is -4.46. The lowest BCUT2D eigenvalue weighted by molar-refractivity contribution is -0.137. The van der Waals surface area contributed by atoms with E-state index in [0.29, 0.717) is 0 Å². The fourth-order valence-corrected chi connectivity index (χ4v) is 2.51. The monoisotopic (exact) mass is 321 g/mol. The lowest BCUT2D eigenvalue weighted by atomic mass is 9.92. The first-order valence-electron chi connectivity index (χ1n) is 6.99. The van der Waals surface area contributed by atoms with E-state index in [1.165, 1.54) is 12.1 Å². The Bertz CT molecular complexity index is 531. The van der Waals surface area contributed by atoms with Crippen LogP contribution in [0.1, 0.15) is 36.8 Å². The lowest BCUT2D eigenvalue weighted by Gasteiger charge is -2.28. The van der Waals surface area contributed by atoms with Crippen molar-refractivity contribution >= 4 is 5.91 Å². The van der Waals surface area contributed by atoms with Gasteiger partial charge in [0.2, 0.25) is 11.8 Å². The van der Waals surface area contributed by atoms with Crippen molar-refractivity contribution < 1.29 is 26.7 Å². The van der Waals surface area contributed by atoms with Crippen LogP contribution in [0.25, 0.3) is 0 Å². The van der Waals surface area contributed by atoms with Crippen LogP contribution < -0.4 is 5.32 Å². The molecule has 0 atom stereocenters. The van der Waals surface area contributed by atoms with Gasteiger partial charge >= 0.3 is 6.18 Å². The second-order valence-corrected chi connectivity index (χ2v) is 5.57. The molecule has 1 aromatic carbocycles. The molecule has 2 rings (SSSR count). The maximum Gasteiger partial charge on any atom is 0.416 e. The van der Waals surface area contributed by atoms with Crippen LogP contribution in [-0.4, -0.2) is 17.9 Å². The summed E-state index contributed by atoms with van der Waals surface area (Å²) in [4.78, 5) is 11.8. The van der Waals surface area contributed by atoms with Crippen LogP contribution in [0.5, 0.6) is 0 Å². The third-order valence-corrected chi connectivity index (χ3v) is 3.70. The maximum absolute atomic E-state index is 13.0. The molecular weight excluding hydrogens is 305 g/mol. The highest BCUT2D eigenvalue weighted by molar-refractivity contribution is 5.78. The predicted octanol–water partition coefficient (Wildman–Crippen LogP) is 3.94. The summed E-state index contributed by atoms with van der Waals surface area (Å²) in [6.07, 6.45) is -4.84. The maximum atomic E-state index is 13.0. The number of carbonyl (C=O) groups is 1. The number of amides is 1.